The fourth-order valence-electron chi connectivity index (χ4n) is 8.82. The molecule has 4 aromatic carbocycles. The minimum Gasteiger partial charge on any atom is -0.491 e. The van der Waals surface area contributed by atoms with E-state index in [1.54, 1.807) is 62.4 Å². The molecule has 3 heterocycles. The van der Waals surface area contributed by atoms with Crippen molar-refractivity contribution in [2.75, 3.05) is 31.8 Å². The summed E-state index contributed by atoms with van der Waals surface area (Å²) in [4.78, 5) is 76.0. The number of carbonyl (C=O) groups is 5. The number of nitrogens with zero attached hydrogens (tertiary/aromatic N) is 2. The van der Waals surface area contributed by atoms with Gasteiger partial charge in [-0.05, 0) is 46.4 Å². The molecule has 2 saturated heterocycles. The van der Waals surface area contributed by atoms with Crippen LogP contribution in [0.25, 0.3) is 0 Å². The second-order valence-corrected chi connectivity index (χ2v) is 14.7. The van der Waals surface area contributed by atoms with Crippen molar-refractivity contribution in [1.29, 1.82) is 0 Å². The molecule has 13 heteroatoms. The Hall–Kier alpha value is -6.31. The van der Waals surface area contributed by atoms with Crippen LogP contribution in [-0.4, -0.2) is 78.9 Å². The van der Waals surface area contributed by atoms with E-state index in [4.69, 9.17) is 18.9 Å². The largest absolute Gasteiger partial charge is 0.491 e. The number of ether oxygens (including phenoxy) is 4. The van der Waals surface area contributed by atoms with E-state index in [9.17, 15) is 24.3 Å². The number of aliphatic hydroxyl groups excluding tert-OH is 1. The quantitative estimate of drug-likeness (QED) is 0.108. The predicted molar refractivity (Wildman–Crippen MR) is 211 cm³/mol. The number of hydrogen-bond acceptors (Lipinski definition) is 11. The minimum absolute atomic E-state index is 0.0237. The zero-order valence-corrected chi connectivity index (χ0v) is 32.4. The summed E-state index contributed by atoms with van der Waals surface area (Å²) in [6.45, 7) is 6.65. The zero-order valence-electron chi connectivity index (χ0n) is 32.4. The lowest BCUT2D eigenvalue weighted by atomic mass is 9.65. The summed E-state index contributed by atoms with van der Waals surface area (Å²) in [5.41, 5.74) is 0.292. The van der Waals surface area contributed by atoms with Gasteiger partial charge in [0.25, 0.3) is 0 Å². The molecule has 3 amide bonds. The first-order chi connectivity index (χ1) is 28.1. The first-order valence-corrected chi connectivity index (χ1v) is 19.1. The van der Waals surface area contributed by atoms with Crippen LogP contribution in [0.15, 0.2) is 122 Å². The maximum absolute atomic E-state index is 16.0. The Morgan fingerprint density at radius 3 is 2.21 bits per heavy atom. The summed E-state index contributed by atoms with van der Waals surface area (Å²) < 4.78 is 23.1. The Kier molecular flexibility index (Phi) is 11.5. The van der Waals surface area contributed by atoms with Crippen LogP contribution in [0, 0.1) is 11.8 Å². The topological polar surface area (TPSA) is 161 Å². The number of anilines is 1. The van der Waals surface area contributed by atoms with Crippen molar-refractivity contribution >= 4 is 35.5 Å². The summed E-state index contributed by atoms with van der Waals surface area (Å²) in [5, 5.41) is 12.3. The smallest absolute Gasteiger partial charge is 0.329 e. The van der Waals surface area contributed by atoms with E-state index in [0.29, 0.717) is 16.9 Å². The number of methoxy groups -OCH3 is 1. The summed E-state index contributed by atoms with van der Waals surface area (Å²) in [6.07, 6.45) is 0.471. The molecular weight excluding hydrogens is 743 g/mol. The number of rotatable bonds is 12. The van der Waals surface area contributed by atoms with Crippen molar-refractivity contribution < 1.29 is 48.0 Å². The summed E-state index contributed by atoms with van der Waals surface area (Å²) in [6, 6.07) is 26.7. The first kappa shape index (κ1) is 39.9. The van der Waals surface area contributed by atoms with E-state index in [1.807, 2.05) is 65.6 Å². The predicted octanol–water partition coefficient (Wildman–Crippen LogP) is 5.36. The number of para-hydroxylation sites is 1. The summed E-state index contributed by atoms with van der Waals surface area (Å²) in [5.74, 6) is -4.83. The van der Waals surface area contributed by atoms with Gasteiger partial charge in [0.15, 0.2) is 0 Å². The molecule has 7 atom stereocenters. The normalized spacial score (nSPS) is 24.1. The van der Waals surface area contributed by atoms with Crippen LogP contribution >= 0.6 is 0 Å². The molecular formula is C45H45N3O10. The van der Waals surface area contributed by atoms with Gasteiger partial charge in [0.1, 0.15) is 48.5 Å². The Bertz CT molecular complexity index is 2200. The molecule has 3 aliphatic heterocycles. The average molecular weight is 788 g/mol. The van der Waals surface area contributed by atoms with E-state index in [-0.39, 0.29) is 31.1 Å². The van der Waals surface area contributed by atoms with Gasteiger partial charge >= 0.3 is 23.9 Å². The van der Waals surface area contributed by atoms with Crippen molar-refractivity contribution in [3.8, 4) is 5.75 Å². The van der Waals surface area contributed by atoms with Gasteiger partial charge in [0, 0.05) is 0 Å². The Labute approximate surface area is 336 Å². The van der Waals surface area contributed by atoms with Crippen molar-refractivity contribution in [2.45, 2.75) is 49.5 Å². The highest BCUT2D eigenvalue weighted by molar-refractivity contribution is 6.24. The van der Waals surface area contributed by atoms with Crippen LogP contribution in [0.1, 0.15) is 54.3 Å². The fraction of sp³-hybridized carbons (Fsp3) is 0.311. The van der Waals surface area contributed by atoms with Gasteiger partial charge in [-0.25, -0.2) is 14.5 Å². The monoisotopic (exact) mass is 787 g/mol. The Balaban J connectivity index is 1.54. The van der Waals surface area contributed by atoms with Crippen LogP contribution in [0.3, 0.4) is 0 Å². The number of carbonyl (C=O) groups excluding carboxylic acids is 5. The number of benzene rings is 4. The number of amides is 3. The van der Waals surface area contributed by atoms with Gasteiger partial charge < -0.3 is 29.4 Å². The number of imide groups is 1. The Morgan fingerprint density at radius 2 is 1.55 bits per heavy atom. The Morgan fingerprint density at radius 1 is 0.897 bits per heavy atom. The van der Waals surface area contributed by atoms with Crippen molar-refractivity contribution in [2.24, 2.45) is 11.8 Å². The number of aliphatic hydroxyl groups is 1. The molecule has 3 aliphatic rings. The molecule has 4 aromatic rings. The molecule has 0 unspecified atom stereocenters. The zero-order chi connectivity index (χ0) is 41.1. The molecule has 13 nitrogen and oxygen atoms in total. The number of nitrogens with one attached hydrogen (secondary N) is 1. The SMILES string of the molecule is C=CCOC(=O)[C@@H]1[C@H]2C(=O)O[C@H](c3ccccc3)[C@H](c3ccccc3)N2[C@H](c2cccc(OCCO)c2)[C@@]12C(=O)N(C(=O)N[C@H](C(=O)OC)C(C)C)c1ccccc12. The lowest BCUT2D eigenvalue weighted by Gasteiger charge is -2.46. The van der Waals surface area contributed by atoms with Crippen LogP contribution in [-0.2, 0) is 38.8 Å². The molecule has 300 valence electrons. The highest BCUT2D eigenvalue weighted by Crippen LogP contribution is 2.66. The minimum atomic E-state index is -2.03. The van der Waals surface area contributed by atoms with Crippen LogP contribution < -0.4 is 15.0 Å². The molecule has 1 spiro atoms. The summed E-state index contributed by atoms with van der Waals surface area (Å²) in [7, 11) is 1.21. The molecule has 0 aromatic heterocycles. The molecule has 58 heavy (non-hydrogen) atoms. The molecule has 2 fully saturated rings. The van der Waals surface area contributed by atoms with Gasteiger partial charge in [0.2, 0.25) is 5.91 Å². The van der Waals surface area contributed by atoms with Crippen molar-refractivity contribution in [1.82, 2.24) is 10.2 Å². The lowest BCUT2D eigenvalue weighted by molar-refractivity contribution is -0.180. The van der Waals surface area contributed by atoms with Crippen molar-refractivity contribution in [3.63, 3.8) is 0 Å². The fourth-order valence-corrected chi connectivity index (χ4v) is 8.82. The number of esters is 3. The van der Waals surface area contributed by atoms with Gasteiger partial charge in [-0.3, -0.25) is 19.3 Å². The van der Waals surface area contributed by atoms with Gasteiger partial charge in [0.05, 0.1) is 31.5 Å². The van der Waals surface area contributed by atoms with E-state index in [0.717, 1.165) is 10.5 Å². The third kappa shape index (κ3) is 6.69. The highest BCUT2D eigenvalue weighted by atomic mass is 16.6. The lowest BCUT2D eigenvalue weighted by Crippen LogP contribution is -2.56. The van der Waals surface area contributed by atoms with Crippen LogP contribution in [0.5, 0.6) is 5.75 Å². The maximum Gasteiger partial charge on any atom is 0.329 e. The van der Waals surface area contributed by atoms with E-state index in [1.165, 1.54) is 13.2 Å². The average Bonchev–Trinajstić information content (AvgIpc) is 3.70. The first-order valence-electron chi connectivity index (χ1n) is 19.1. The van der Waals surface area contributed by atoms with E-state index < -0.39 is 77.4 Å². The van der Waals surface area contributed by atoms with Gasteiger partial charge in [-0.15, -0.1) is 0 Å². The third-order valence-corrected chi connectivity index (χ3v) is 11.1. The standard InChI is InChI=1S/C45H45N3O10/c1-5-24-57-40(50)34-37-42(52)58-38(29-17-10-7-11-18-29)36(28-15-8-6-9-16-28)48(37)39(30-19-14-20-31(26-30)56-25-23-49)45(34)32-21-12-13-22-33(32)47(43(45)53)44(54)46-35(27(2)3)41(51)55-4/h5-22,26-27,34-39,49H,1,23-25H2,2-4H3,(H,46,54)/t34-,35-,36-,37-,38+,39+,45-/m0/s1. The van der Waals surface area contributed by atoms with Gasteiger partial charge in [-0.2, -0.15) is 0 Å². The number of hydrogen-bond donors (Lipinski definition) is 2. The summed E-state index contributed by atoms with van der Waals surface area (Å²) >= 11 is 0. The van der Waals surface area contributed by atoms with E-state index >= 15 is 4.79 Å². The maximum atomic E-state index is 16.0. The molecule has 0 aliphatic carbocycles. The number of fused-ring (bicyclic) bond motifs is 3. The van der Waals surface area contributed by atoms with Crippen molar-refractivity contribution in [3.05, 3.63) is 144 Å². The molecule has 0 saturated carbocycles. The highest BCUT2D eigenvalue weighted by Gasteiger charge is 2.76. The molecule has 2 N–H and O–H groups in total. The second kappa shape index (κ2) is 16.7. The number of cyclic esters (lactones) is 1. The number of morpholine rings is 1. The van der Waals surface area contributed by atoms with Crippen LogP contribution in [0.2, 0.25) is 0 Å². The van der Waals surface area contributed by atoms with Crippen LogP contribution in [0.4, 0.5) is 10.5 Å². The molecule has 0 radical (unpaired) electrons. The molecule has 7 rings (SSSR count). The van der Waals surface area contributed by atoms with Gasteiger partial charge in [-0.1, -0.05) is 117 Å². The molecule has 0 bridgehead atoms. The number of urea groups is 1. The third-order valence-electron chi connectivity index (χ3n) is 11.1. The van der Waals surface area contributed by atoms with E-state index in [2.05, 4.69) is 11.9 Å². The second-order valence-electron chi connectivity index (χ2n) is 14.7.